The highest BCUT2D eigenvalue weighted by molar-refractivity contribution is 5.81. The number of rotatable bonds is 1. The first-order chi connectivity index (χ1) is 5.27. The Morgan fingerprint density at radius 3 is 2.91 bits per heavy atom. The Labute approximate surface area is 67.4 Å². The van der Waals surface area contributed by atoms with Crippen LogP contribution in [0.2, 0.25) is 0 Å². The lowest BCUT2D eigenvalue weighted by Crippen LogP contribution is -2.33. The van der Waals surface area contributed by atoms with Crippen LogP contribution in [-0.2, 0) is 4.79 Å². The van der Waals surface area contributed by atoms with E-state index in [1.807, 2.05) is 0 Å². The van der Waals surface area contributed by atoms with E-state index in [4.69, 9.17) is 0 Å². The zero-order valence-electron chi connectivity index (χ0n) is 6.97. The third-order valence-electron chi connectivity index (χ3n) is 3.10. The number of ketones is 1. The summed E-state index contributed by atoms with van der Waals surface area (Å²) in [5.41, 5.74) is 0. The number of hydrogen-bond donors (Lipinski definition) is 1. The highest BCUT2D eigenvalue weighted by Gasteiger charge is 2.38. The molecule has 2 aliphatic rings. The first-order valence-corrected chi connectivity index (χ1v) is 4.54. The Morgan fingerprint density at radius 1 is 1.45 bits per heavy atom. The van der Waals surface area contributed by atoms with E-state index in [-0.39, 0.29) is 6.04 Å². The van der Waals surface area contributed by atoms with Gasteiger partial charge in [-0.15, -0.1) is 0 Å². The van der Waals surface area contributed by atoms with Crippen LogP contribution in [-0.4, -0.2) is 17.9 Å². The molecule has 1 N–H and O–H groups in total. The minimum absolute atomic E-state index is 0.185. The second-order valence-electron chi connectivity index (χ2n) is 3.86. The number of nitrogens with one attached hydrogen (secondary N) is 1. The molecule has 1 aliphatic carbocycles. The van der Waals surface area contributed by atoms with Gasteiger partial charge in [0.2, 0.25) is 0 Å². The molecule has 0 amide bonds. The van der Waals surface area contributed by atoms with Crippen LogP contribution in [0.25, 0.3) is 0 Å². The average Bonchev–Trinajstić information content (AvgIpc) is 2.40. The zero-order chi connectivity index (χ0) is 7.84. The highest BCUT2D eigenvalue weighted by atomic mass is 16.1. The maximum absolute atomic E-state index is 11.0. The minimum atomic E-state index is 0.185. The molecule has 2 nitrogen and oxygen atoms in total. The molecule has 1 saturated heterocycles. The van der Waals surface area contributed by atoms with E-state index in [9.17, 15) is 4.79 Å². The van der Waals surface area contributed by atoms with Gasteiger partial charge in [0.25, 0.3) is 0 Å². The summed E-state index contributed by atoms with van der Waals surface area (Å²) in [7, 11) is 0. The molecule has 2 heteroatoms. The predicted molar refractivity (Wildman–Crippen MR) is 43.4 cm³/mol. The van der Waals surface area contributed by atoms with Crippen LogP contribution in [0.15, 0.2) is 0 Å². The van der Waals surface area contributed by atoms with Crippen LogP contribution in [0.1, 0.15) is 32.6 Å². The first-order valence-electron chi connectivity index (χ1n) is 4.54. The standard InChI is InChI=1S/C9H15NO/c1-6(11)9-5-7-3-2-4-8(7)10-9/h7-10H,2-5H2,1H3/t7?,8?,9-/m0/s1. The number of carbonyl (C=O) groups is 1. The molecule has 11 heavy (non-hydrogen) atoms. The quantitative estimate of drug-likeness (QED) is 0.611. The van der Waals surface area contributed by atoms with E-state index in [1.165, 1.54) is 19.3 Å². The van der Waals surface area contributed by atoms with Gasteiger partial charge in [0.05, 0.1) is 6.04 Å². The molecule has 0 aromatic carbocycles. The Balaban J connectivity index is 1.99. The molecule has 0 bridgehead atoms. The van der Waals surface area contributed by atoms with Crippen molar-refractivity contribution >= 4 is 5.78 Å². The fraction of sp³-hybridized carbons (Fsp3) is 0.889. The van der Waals surface area contributed by atoms with Gasteiger partial charge < -0.3 is 5.32 Å². The van der Waals surface area contributed by atoms with Crippen molar-refractivity contribution in [3.63, 3.8) is 0 Å². The van der Waals surface area contributed by atoms with Crippen molar-refractivity contribution in [2.45, 2.75) is 44.7 Å². The molecule has 2 fully saturated rings. The molecule has 2 unspecified atom stereocenters. The average molecular weight is 153 g/mol. The van der Waals surface area contributed by atoms with Gasteiger partial charge in [-0.3, -0.25) is 4.79 Å². The molecule has 0 radical (unpaired) electrons. The highest BCUT2D eigenvalue weighted by Crippen LogP contribution is 2.34. The normalized spacial score (nSPS) is 42.5. The molecule has 0 spiro atoms. The van der Waals surface area contributed by atoms with Crippen molar-refractivity contribution in [1.82, 2.24) is 5.32 Å². The molecule has 3 atom stereocenters. The second kappa shape index (κ2) is 2.59. The van der Waals surface area contributed by atoms with Crippen LogP contribution in [0.3, 0.4) is 0 Å². The summed E-state index contributed by atoms with van der Waals surface area (Å²) >= 11 is 0. The number of carbonyl (C=O) groups excluding carboxylic acids is 1. The summed E-state index contributed by atoms with van der Waals surface area (Å²) in [6, 6.07) is 0.856. The van der Waals surface area contributed by atoms with Gasteiger partial charge in [0, 0.05) is 6.04 Å². The van der Waals surface area contributed by atoms with Crippen molar-refractivity contribution < 1.29 is 4.79 Å². The fourth-order valence-corrected chi connectivity index (χ4v) is 2.45. The monoisotopic (exact) mass is 153 g/mol. The molecular formula is C9H15NO. The van der Waals surface area contributed by atoms with Crippen LogP contribution in [0.5, 0.6) is 0 Å². The van der Waals surface area contributed by atoms with Gasteiger partial charge in [-0.05, 0) is 32.1 Å². The lowest BCUT2D eigenvalue weighted by molar-refractivity contribution is -0.118. The smallest absolute Gasteiger partial charge is 0.146 e. The molecule has 1 heterocycles. The van der Waals surface area contributed by atoms with Crippen LogP contribution in [0, 0.1) is 5.92 Å². The van der Waals surface area contributed by atoms with E-state index in [0.29, 0.717) is 11.8 Å². The third kappa shape index (κ3) is 1.20. The minimum Gasteiger partial charge on any atom is -0.304 e. The fourth-order valence-electron chi connectivity index (χ4n) is 2.45. The summed E-state index contributed by atoms with van der Waals surface area (Å²) in [6.07, 6.45) is 5.07. The van der Waals surface area contributed by atoms with Gasteiger partial charge in [0.1, 0.15) is 5.78 Å². The molecule has 0 aromatic rings. The topological polar surface area (TPSA) is 29.1 Å². The predicted octanol–water partition coefficient (Wildman–Crippen LogP) is 1.11. The molecule has 0 aromatic heterocycles. The van der Waals surface area contributed by atoms with Crippen LogP contribution < -0.4 is 5.32 Å². The van der Waals surface area contributed by atoms with Gasteiger partial charge in [-0.1, -0.05) is 6.42 Å². The van der Waals surface area contributed by atoms with Gasteiger partial charge in [-0.2, -0.15) is 0 Å². The van der Waals surface area contributed by atoms with E-state index >= 15 is 0 Å². The van der Waals surface area contributed by atoms with Gasteiger partial charge in [0.15, 0.2) is 0 Å². The number of Topliss-reactive ketones (excluding diaryl/α,β-unsaturated/α-hetero) is 1. The summed E-state index contributed by atoms with van der Waals surface area (Å²) in [5.74, 6) is 1.13. The largest absolute Gasteiger partial charge is 0.304 e. The zero-order valence-corrected chi connectivity index (χ0v) is 6.97. The van der Waals surface area contributed by atoms with Crippen LogP contribution in [0.4, 0.5) is 0 Å². The van der Waals surface area contributed by atoms with Crippen molar-refractivity contribution in [1.29, 1.82) is 0 Å². The van der Waals surface area contributed by atoms with Crippen molar-refractivity contribution in [2.75, 3.05) is 0 Å². The Hall–Kier alpha value is -0.370. The summed E-state index contributed by atoms with van der Waals surface area (Å²) in [5, 5.41) is 3.40. The number of hydrogen-bond acceptors (Lipinski definition) is 2. The summed E-state index contributed by atoms with van der Waals surface area (Å²) in [6.45, 7) is 1.69. The van der Waals surface area contributed by atoms with E-state index < -0.39 is 0 Å². The molecule has 2 rings (SSSR count). The third-order valence-corrected chi connectivity index (χ3v) is 3.10. The Morgan fingerprint density at radius 2 is 2.27 bits per heavy atom. The van der Waals surface area contributed by atoms with E-state index in [2.05, 4.69) is 5.32 Å². The second-order valence-corrected chi connectivity index (χ2v) is 3.86. The number of fused-ring (bicyclic) bond motifs is 1. The molecular weight excluding hydrogens is 138 g/mol. The van der Waals surface area contributed by atoms with E-state index in [1.54, 1.807) is 6.92 Å². The first kappa shape index (κ1) is 7.29. The SMILES string of the molecule is CC(=O)[C@@H]1CC2CCCC2N1. The van der Waals surface area contributed by atoms with Gasteiger partial charge in [-0.25, -0.2) is 0 Å². The van der Waals surface area contributed by atoms with Gasteiger partial charge >= 0.3 is 0 Å². The van der Waals surface area contributed by atoms with Crippen molar-refractivity contribution in [3.8, 4) is 0 Å². The lowest BCUT2D eigenvalue weighted by Gasteiger charge is -2.08. The molecule has 1 saturated carbocycles. The maximum Gasteiger partial charge on any atom is 0.146 e. The summed E-state index contributed by atoms with van der Waals surface area (Å²) < 4.78 is 0. The summed E-state index contributed by atoms with van der Waals surface area (Å²) in [4.78, 5) is 11.0. The Bertz CT molecular complexity index is 166. The Kier molecular flexibility index (Phi) is 1.72. The maximum atomic E-state index is 11.0. The van der Waals surface area contributed by atoms with Crippen molar-refractivity contribution in [3.05, 3.63) is 0 Å². The molecule has 62 valence electrons. The van der Waals surface area contributed by atoms with Crippen LogP contribution >= 0.6 is 0 Å². The lowest BCUT2D eigenvalue weighted by atomic mass is 10.0. The molecule has 1 aliphatic heterocycles. The van der Waals surface area contributed by atoms with Crippen molar-refractivity contribution in [2.24, 2.45) is 5.92 Å². The van der Waals surface area contributed by atoms with E-state index in [0.717, 1.165) is 12.3 Å².